The maximum atomic E-state index is 6.37. The van der Waals surface area contributed by atoms with Crippen molar-refractivity contribution in [2.45, 2.75) is 39.7 Å². The molecule has 1 atom stereocenters. The van der Waals surface area contributed by atoms with Crippen molar-refractivity contribution in [2.24, 2.45) is 5.73 Å². The standard InChI is InChI=1S/C19H25NO/c1-13-5-7-15(3)16(9-13)11-18(20)12-17-10-14(2)6-8-19(17)21-4/h5-10,18H,11-12,20H2,1-4H3. The van der Waals surface area contributed by atoms with Crippen molar-refractivity contribution in [3.63, 3.8) is 0 Å². The molecule has 0 aliphatic carbocycles. The van der Waals surface area contributed by atoms with Crippen molar-refractivity contribution in [3.8, 4) is 5.75 Å². The second-order valence-corrected chi connectivity index (χ2v) is 5.91. The summed E-state index contributed by atoms with van der Waals surface area (Å²) >= 11 is 0. The van der Waals surface area contributed by atoms with Crippen molar-refractivity contribution < 1.29 is 4.74 Å². The molecule has 2 aromatic rings. The van der Waals surface area contributed by atoms with E-state index in [0.717, 1.165) is 18.6 Å². The summed E-state index contributed by atoms with van der Waals surface area (Å²) in [5, 5.41) is 0. The minimum absolute atomic E-state index is 0.0983. The molecule has 2 aromatic carbocycles. The zero-order valence-electron chi connectivity index (χ0n) is 13.4. The number of benzene rings is 2. The van der Waals surface area contributed by atoms with Crippen LogP contribution in [0.3, 0.4) is 0 Å². The molecule has 0 radical (unpaired) electrons. The Bertz CT molecular complexity index is 619. The Hall–Kier alpha value is -1.80. The Kier molecular flexibility index (Phi) is 5.03. The highest BCUT2D eigenvalue weighted by Gasteiger charge is 2.11. The van der Waals surface area contributed by atoms with Crippen molar-refractivity contribution in [1.29, 1.82) is 0 Å². The number of aryl methyl sites for hydroxylation is 3. The van der Waals surface area contributed by atoms with Gasteiger partial charge in [-0.25, -0.2) is 0 Å². The van der Waals surface area contributed by atoms with E-state index >= 15 is 0 Å². The fourth-order valence-corrected chi connectivity index (χ4v) is 2.72. The molecule has 0 aliphatic rings. The zero-order chi connectivity index (χ0) is 15.4. The molecule has 2 heteroatoms. The normalized spacial score (nSPS) is 12.2. The van der Waals surface area contributed by atoms with Crippen LogP contribution in [0.25, 0.3) is 0 Å². The Morgan fingerprint density at radius 3 is 2.14 bits per heavy atom. The first-order chi connectivity index (χ1) is 9.99. The van der Waals surface area contributed by atoms with Gasteiger partial charge in [-0.3, -0.25) is 0 Å². The Balaban J connectivity index is 2.13. The molecule has 0 aromatic heterocycles. The second-order valence-electron chi connectivity index (χ2n) is 5.91. The van der Waals surface area contributed by atoms with Gasteiger partial charge in [-0.15, -0.1) is 0 Å². The fraction of sp³-hybridized carbons (Fsp3) is 0.368. The quantitative estimate of drug-likeness (QED) is 0.907. The van der Waals surface area contributed by atoms with Crippen LogP contribution in [0.1, 0.15) is 27.8 Å². The third-order valence-corrected chi connectivity index (χ3v) is 3.90. The van der Waals surface area contributed by atoms with Gasteiger partial charge >= 0.3 is 0 Å². The number of rotatable bonds is 5. The summed E-state index contributed by atoms with van der Waals surface area (Å²) in [6.45, 7) is 6.37. The predicted molar refractivity (Wildman–Crippen MR) is 89.0 cm³/mol. The lowest BCUT2D eigenvalue weighted by atomic mass is 9.95. The molecule has 2 N–H and O–H groups in total. The van der Waals surface area contributed by atoms with Gasteiger partial charge in [0.1, 0.15) is 5.75 Å². The van der Waals surface area contributed by atoms with Crippen LogP contribution in [0.2, 0.25) is 0 Å². The number of methoxy groups -OCH3 is 1. The molecule has 2 nitrogen and oxygen atoms in total. The van der Waals surface area contributed by atoms with Gasteiger partial charge in [0.2, 0.25) is 0 Å². The highest BCUT2D eigenvalue weighted by Crippen LogP contribution is 2.22. The number of nitrogens with two attached hydrogens (primary N) is 1. The van der Waals surface area contributed by atoms with Gasteiger partial charge in [-0.05, 0) is 56.4 Å². The zero-order valence-corrected chi connectivity index (χ0v) is 13.4. The van der Waals surface area contributed by atoms with Crippen LogP contribution < -0.4 is 10.5 Å². The first-order valence-electron chi connectivity index (χ1n) is 7.45. The number of ether oxygens (including phenoxy) is 1. The van der Waals surface area contributed by atoms with E-state index in [0.29, 0.717) is 0 Å². The maximum Gasteiger partial charge on any atom is 0.122 e. The van der Waals surface area contributed by atoms with E-state index in [1.807, 2.05) is 6.07 Å². The van der Waals surface area contributed by atoms with E-state index in [4.69, 9.17) is 10.5 Å². The summed E-state index contributed by atoms with van der Waals surface area (Å²) in [5.74, 6) is 0.928. The van der Waals surface area contributed by atoms with Crippen LogP contribution in [0, 0.1) is 20.8 Å². The first-order valence-corrected chi connectivity index (χ1v) is 7.45. The molecule has 21 heavy (non-hydrogen) atoms. The van der Waals surface area contributed by atoms with Crippen LogP contribution >= 0.6 is 0 Å². The summed E-state index contributed by atoms with van der Waals surface area (Å²) in [7, 11) is 1.71. The van der Waals surface area contributed by atoms with E-state index in [1.54, 1.807) is 7.11 Å². The largest absolute Gasteiger partial charge is 0.496 e. The van der Waals surface area contributed by atoms with Gasteiger partial charge in [0, 0.05) is 6.04 Å². The van der Waals surface area contributed by atoms with Crippen LogP contribution in [-0.4, -0.2) is 13.2 Å². The first kappa shape index (κ1) is 15.6. The lowest BCUT2D eigenvalue weighted by Gasteiger charge is -2.16. The summed E-state index contributed by atoms with van der Waals surface area (Å²) in [4.78, 5) is 0. The number of hydrogen-bond donors (Lipinski definition) is 1. The minimum Gasteiger partial charge on any atom is -0.496 e. The number of hydrogen-bond acceptors (Lipinski definition) is 2. The van der Waals surface area contributed by atoms with Crippen molar-refractivity contribution in [3.05, 3.63) is 64.2 Å². The van der Waals surface area contributed by atoms with E-state index in [1.165, 1.54) is 27.8 Å². The summed E-state index contributed by atoms with van der Waals surface area (Å²) in [5.41, 5.74) is 12.7. The van der Waals surface area contributed by atoms with Crippen LogP contribution in [-0.2, 0) is 12.8 Å². The average Bonchev–Trinajstić information content (AvgIpc) is 2.43. The SMILES string of the molecule is COc1ccc(C)cc1CC(N)Cc1cc(C)ccc1C. The average molecular weight is 283 g/mol. The smallest absolute Gasteiger partial charge is 0.122 e. The highest BCUT2D eigenvalue weighted by molar-refractivity contribution is 5.38. The lowest BCUT2D eigenvalue weighted by molar-refractivity contribution is 0.407. The third kappa shape index (κ3) is 4.08. The molecule has 1 unspecified atom stereocenters. The Morgan fingerprint density at radius 2 is 1.48 bits per heavy atom. The molecule has 0 spiro atoms. The molecular formula is C19H25NO. The van der Waals surface area contributed by atoms with E-state index < -0.39 is 0 Å². The van der Waals surface area contributed by atoms with Crippen LogP contribution in [0.5, 0.6) is 5.75 Å². The van der Waals surface area contributed by atoms with E-state index in [-0.39, 0.29) is 6.04 Å². The Labute approximate surface area is 127 Å². The minimum atomic E-state index is 0.0983. The molecule has 0 heterocycles. The lowest BCUT2D eigenvalue weighted by Crippen LogP contribution is -2.26. The topological polar surface area (TPSA) is 35.2 Å². The van der Waals surface area contributed by atoms with E-state index in [9.17, 15) is 0 Å². The molecule has 0 saturated carbocycles. The fourth-order valence-electron chi connectivity index (χ4n) is 2.72. The monoisotopic (exact) mass is 283 g/mol. The summed E-state index contributed by atoms with van der Waals surface area (Å²) in [6.07, 6.45) is 1.73. The molecule has 2 rings (SSSR count). The van der Waals surface area contributed by atoms with Gasteiger partial charge < -0.3 is 10.5 Å². The molecule has 0 amide bonds. The van der Waals surface area contributed by atoms with Gasteiger partial charge in [-0.1, -0.05) is 41.5 Å². The molecular weight excluding hydrogens is 258 g/mol. The predicted octanol–water partition coefficient (Wildman–Crippen LogP) is 3.73. The van der Waals surface area contributed by atoms with Gasteiger partial charge in [0.05, 0.1) is 7.11 Å². The second kappa shape index (κ2) is 6.77. The third-order valence-electron chi connectivity index (χ3n) is 3.90. The van der Waals surface area contributed by atoms with Crippen LogP contribution in [0.15, 0.2) is 36.4 Å². The summed E-state index contributed by atoms with van der Waals surface area (Å²) < 4.78 is 5.44. The van der Waals surface area contributed by atoms with Crippen molar-refractivity contribution >= 4 is 0 Å². The van der Waals surface area contributed by atoms with Crippen LogP contribution in [0.4, 0.5) is 0 Å². The molecule has 0 saturated heterocycles. The molecule has 112 valence electrons. The summed E-state index contributed by atoms with van der Waals surface area (Å²) in [6, 6.07) is 12.9. The Morgan fingerprint density at radius 1 is 0.905 bits per heavy atom. The van der Waals surface area contributed by atoms with Gasteiger partial charge in [0.15, 0.2) is 0 Å². The van der Waals surface area contributed by atoms with Gasteiger partial charge in [-0.2, -0.15) is 0 Å². The van der Waals surface area contributed by atoms with E-state index in [2.05, 4.69) is 51.1 Å². The van der Waals surface area contributed by atoms with Gasteiger partial charge in [0.25, 0.3) is 0 Å². The molecule has 0 bridgehead atoms. The highest BCUT2D eigenvalue weighted by atomic mass is 16.5. The molecule has 0 aliphatic heterocycles. The van der Waals surface area contributed by atoms with Crippen molar-refractivity contribution in [1.82, 2.24) is 0 Å². The molecule has 0 fully saturated rings. The van der Waals surface area contributed by atoms with Crippen molar-refractivity contribution in [2.75, 3.05) is 7.11 Å². The maximum absolute atomic E-state index is 6.37.